The second-order valence-electron chi connectivity index (χ2n) is 4.35. The molecule has 0 aliphatic carbocycles. The summed E-state index contributed by atoms with van der Waals surface area (Å²) in [5.41, 5.74) is 1.71. The molecule has 2 heterocycles. The van der Waals surface area contributed by atoms with E-state index in [2.05, 4.69) is 32.6 Å². The third-order valence-corrected chi connectivity index (χ3v) is 4.61. The Morgan fingerprint density at radius 3 is 2.85 bits per heavy atom. The molecule has 0 spiro atoms. The molecule has 1 N–H and O–H groups in total. The molecule has 100 valence electrons. The van der Waals surface area contributed by atoms with Crippen LogP contribution in [0.5, 0.6) is 0 Å². The van der Waals surface area contributed by atoms with Crippen molar-refractivity contribution in [2.24, 2.45) is 0 Å². The predicted octanol–water partition coefficient (Wildman–Crippen LogP) is 4.52. The zero-order valence-corrected chi connectivity index (χ0v) is 13.7. The Morgan fingerprint density at radius 2 is 2.15 bits per heavy atom. The van der Waals surface area contributed by atoms with Crippen LogP contribution in [0, 0.1) is 3.57 Å². The normalized spacial score (nSPS) is 10.9. The van der Waals surface area contributed by atoms with Crippen LogP contribution in [-0.4, -0.2) is 15.8 Å². The van der Waals surface area contributed by atoms with Crippen molar-refractivity contribution in [3.63, 3.8) is 0 Å². The monoisotopic (exact) mass is 394 g/mol. The molecule has 0 bridgehead atoms. The van der Waals surface area contributed by atoms with Gasteiger partial charge in [0, 0.05) is 37.3 Å². The summed E-state index contributed by atoms with van der Waals surface area (Å²) in [6.07, 6.45) is 3.62. The zero-order chi connectivity index (χ0) is 14.1. The maximum Gasteiger partial charge on any atom is 0.161 e. The molecule has 0 saturated carbocycles. The molecular weight excluding hydrogens is 383 g/mol. The number of carbonyl (C=O) groups excluding carboxylic acids is 1. The van der Waals surface area contributed by atoms with E-state index in [4.69, 9.17) is 0 Å². The predicted molar refractivity (Wildman–Crippen MR) is 89.4 cm³/mol. The highest BCUT2D eigenvalue weighted by atomic mass is 127. The summed E-state index contributed by atoms with van der Waals surface area (Å²) in [6, 6.07) is 10.0. The zero-order valence-electron chi connectivity index (χ0n) is 10.7. The lowest BCUT2D eigenvalue weighted by atomic mass is 10.1. The number of H-pyrrole nitrogens is 1. The molecule has 20 heavy (non-hydrogen) atoms. The van der Waals surface area contributed by atoms with Gasteiger partial charge in [0.1, 0.15) is 5.03 Å². The molecule has 3 nitrogen and oxygen atoms in total. The number of hydrogen-bond acceptors (Lipinski definition) is 3. The third kappa shape index (κ3) is 2.60. The van der Waals surface area contributed by atoms with Crippen LogP contribution in [0.3, 0.4) is 0 Å². The van der Waals surface area contributed by atoms with Crippen molar-refractivity contribution in [3.05, 3.63) is 51.9 Å². The maximum absolute atomic E-state index is 11.7. The SMILES string of the molecule is CC(=O)c1c[nH]c2cccc(Sc3ccc(I)cn3)c12. The van der Waals surface area contributed by atoms with Crippen molar-refractivity contribution < 1.29 is 4.79 Å². The fraction of sp³-hybridized carbons (Fsp3) is 0.0667. The van der Waals surface area contributed by atoms with Crippen LogP contribution < -0.4 is 0 Å². The van der Waals surface area contributed by atoms with E-state index in [0.29, 0.717) is 0 Å². The minimum absolute atomic E-state index is 0.0693. The topological polar surface area (TPSA) is 45.8 Å². The van der Waals surface area contributed by atoms with Gasteiger partial charge >= 0.3 is 0 Å². The highest BCUT2D eigenvalue weighted by Gasteiger charge is 2.12. The minimum atomic E-state index is 0.0693. The molecule has 5 heteroatoms. The Kier molecular flexibility index (Phi) is 3.80. The lowest BCUT2D eigenvalue weighted by Gasteiger charge is -2.04. The smallest absolute Gasteiger partial charge is 0.161 e. The van der Waals surface area contributed by atoms with Crippen LogP contribution in [0.15, 0.2) is 52.6 Å². The molecule has 0 fully saturated rings. The van der Waals surface area contributed by atoms with Crippen LogP contribution in [0.4, 0.5) is 0 Å². The van der Waals surface area contributed by atoms with E-state index in [1.54, 1.807) is 24.9 Å². The number of benzene rings is 1. The van der Waals surface area contributed by atoms with Gasteiger partial charge in [0.2, 0.25) is 0 Å². The number of rotatable bonds is 3. The molecule has 0 atom stereocenters. The standard InChI is InChI=1S/C15H11IN2OS/c1-9(19)11-8-17-12-3-2-4-13(15(11)12)20-14-6-5-10(16)7-18-14/h2-8,17H,1H3. The van der Waals surface area contributed by atoms with Crippen molar-refractivity contribution in [1.29, 1.82) is 0 Å². The quantitative estimate of drug-likeness (QED) is 0.525. The minimum Gasteiger partial charge on any atom is -0.360 e. The van der Waals surface area contributed by atoms with Gasteiger partial charge in [-0.15, -0.1) is 0 Å². The number of aromatic amines is 1. The van der Waals surface area contributed by atoms with Gasteiger partial charge in [-0.1, -0.05) is 17.8 Å². The fourth-order valence-electron chi connectivity index (χ4n) is 2.05. The van der Waals surface area contributed by atoms with E-state index in [9.17, 15) is 4.79 Å². The van der Waals surface area contributed by atoms with Gasteiger partial charge in [-0.3, -0.25) is 4.79 Å². The number of nitrogens with one attached hydrogen (secondary N) is 1. The third-order valence-electron chi connectivity index (χ3n) is 2.96. The average molecular weight is 394 g/mol. The first-order valence-electron chi connectivity index (χ1n) is 6.05. The summed E-state index contributed by atoms with van der Waals surface area (Å²) in [6.45, 7) is 1.59. The summed E-state index contributed by atoms with van der Waals surface area (Å²) in [5, 5.41) is 1.90. The number of hydrogen-bond donors (Lipinski definition) is 1. The summed E-state index contributed by atoms with van der Waals surface area (Å²) in [7, 11) is 0. The number of pyridine rings is 1. The molecular formula is C15H11IN2OS. The van der Waals surface area contributed by atoms with Crippen molar-refractivity contribution in [2.45, 2.75) is 16.8 Å². The molecule has 0 aliphatic heterocycles. The summed E-state index contributed by atoms with van der Waals surface area (Å²) >= 11 is 3.81. The molecule has 0 aliphatic rings. The van der Waals surface area contributed by atoms with Gasteiger partial charge in [-0.25, -0.2) is 4.98 Å². The van der Waals surface area contributed by atoms with Gasteiger partial charge in [0.25, 0.3) is 0 Å². The van der Waals surface area contributed by atoms with E-state index in [-0.39, 0.29) is 5.78 Å². The molecule has 3 aromatic rings. The summed E-state index contributed by atoms with van der Waals surface area (Å²) < 4.78 is 1.11. The first kappa shape index (κ1) is 13.6. The van der Waals surface area contributed by atoms with Gasteiger partial charge in [-0.2, -0.15) is 0 Å². The van der Waals surface area contributed by atoms with Gasteiger partial charge in [-0.05, 0) is 53.8 Å². The Hall–Kier alpha value is -1.34. The van der Waals surface area contributed by atoms with Crippen LogP contribution >= 0.6 is 34.4 Å². The molecule has 1 aromatic carbocycles. The number of carbonyl (C=O) groups is 1. The molecule has 0 unspecified atom stereocenters. The number of ketones is 1. The van der Waals surface area contributed by atoms with E-state index >= 15 is 0 Å². The summed E-state index contributed by atoms with van der Waals surface area (Å²) in [4.78, 5) is 20.3. The van der Waals surface area contributed by atoms with E-state index in [1.807, 2.05) is 36.5 Å². The number of halogens is 1. The molecule has 0 radical (unpaired) electrons. The molecule has 0 saturated heterocycles. The van der Waals surface area contributed by atoms with Crippen molar-refractivity contribution in [2.75, 3.05) is 0 Å². The number of nitrogens with zero attached hydrogens (tertiary/aromatic N) is 1. The molecule has 0 amide bonds. The fourth-order valence-corrected chi connectivity index (χ4v) is 3.30. The van der Waals surface area contributed by atoms with E-state index in [1.165, 1.54) is 0 Å². The largest absolute Gasteiger partial charge is 0.360 e. The Labute approximate surface area is 134 Å². The van der Waals surface area contributed by atoms with Crippen molar-refractivity contribution >= 4 is 51.0 Å². The number of fused-ring (bicyclic) bond motifs is 1. The van der Waals surface area contributed by atoms with Gasteiger partial charge in [0.05, 0.1) is 0 Å². The molecule has 3 rings (SSSR count). The molecule has 2 aromatic heterocycles. The first-order chi connectivity index (χ1) is 9.65. The number of aromatic nitrogens is 2. The van der Waals surface area contributed by atoms with Crippen LogP contribution in [-0.2, 0) is 0 Å². The van der Waals surface area contributed by atoms with Crippen LogP contribution in [0.25, 0.3) is 10.9 Å². The lowest BCUT2D eigenvalue weighted by Crippen LogP contribution is -1.90. The Bertz CT molecular complexity index is 780. The number of Topliss-reactive ketones (excluding diaryl/α,β-unsaturated/α-hetero) is 1. The Balaban J connectivity index is 2.09. The van der Waals surface area contributed by atoms with Crippen LogP contribution in [0.1, 0.15) is 17.3 Å². The van der Waals surface area contributed by atoms with E-state index < -0.39 is 0 Å². The highest BCUT2D eigenvalue weighted by molar-refractivity contribution is 14.1. The van der Waals surface area contributed by atoms with E-state index in [0.717, 1.165) is 30.0 Å². The highest BCUT2D eigenvalue weighted by Crippen LogP contribution is 2.34. The Morgan fingerprint density at radius 1 is 1.30 bits per heavy atom. The van der Waals surface area contributed by atoms with Gasteiger partial charge in [0.15, 0.2) is 5.78 Å². The second-order valence-corrected chi connectivity index (χ2v) is 6.66. The first-order valence-corrected chi connectivity index (χ1v) is 7.95. The lowest BCUT2D eigenvalue weighted by molar-refractivity contribution is 0.101. The second kappa shape index (κ2) is 5.57. The van der Waals surface area contributed by atoms with Crippen molar-refractivity contribution in [3.8, 4) is 0 Å². The van der Waals surface area contributed by atoms with Gasteiger partial charge < -0.3 is 4.98 Å². The van der Waals surface area contributed by atoms with Crippen molar-refractivity contribution in [1.82, 2.24) is 9.97 Å². The maximum atomic E-state index is 11.7. The van der Waals surface area contributed by atoms with Crippen LogP contribution in [0.2, 0.25) is 0 Å². The average Bonchev–Trinajstić information content (AvgIpc) is 2.86. The summed E-state index contributed by atoms with van der Waals surface area (Å²) in [5.74, 6) is 0.0693.